The van der Waals surface area contributed by atoms with Crippen molar-refractivity contribution in [3.63, 3.8) is 0 Å². The molecule has 108 valence electrons. The summed E-state index contributed by atoms with van der Waals surface area (Å²) in [6, 6.07) is 1.93. The van der Waals surface area contributed by atoms with Crippen LogP contribution in [-0.4, -0.2) is 16.6 Å². The molecular formula is C16H28N2O. The van der Waals surface area contributed by atoms with Gasteiger partial charge in [-0.05, 0) is 19.8 Å². The third-order valence-electron chi connectivity index (χ3n) is 3.13. The molecule has 0 N–H and O–H groups in total. The molecule has 3 heteroatoms. The highest BCUT2D eigenvalue weighted by Crippen LogP contribution is 2.12. The quantitative estimate of drug-likeness (QED) is 0.584. The van der Waals surface area contributed by atoms with Gasteiger partial charge in [-0.3, -0.25) is 0 Å². The van der Waals surface area contributed by atoms with E-state index in [1.807, 2.05) is 13.0 Å². The van der Waals surface area contributed by atoms with E-state index in [-0.39, 0.29) is 0 Å². The van der Waals surface area contributed by atoms with Crippen LogP contribution in [0.5, 0.6) is 5.88 Å². The van der Waals surface area contributed by atoms with Crippen molar-refractivity contribution in [2.24, 2.45) is 0 Å². The number of ether oxygens (including phenoxy) is 1. The summed E-state index contributed by atoms with van der Waals surface area (Å²) in [7, 11) is 0. The molecule has 0 spiro atoms. The van der Waals surface area contributed by atoms with Crippen molar-refractivity contribution in [2.75, 3.05) is 6.61 Å². The number of hydrogen-bond acceptors (Lipinski definition) is 3. The van der Waals surface area contributed by atoms with E-state index < -0.39 is 0 Å². The lowest BCUT2D eigenvalue weighted by molar-refractivity contribution is 0.295. The fraction of sp³-hybridized carbons (Fsp3) is 0.750. The molecule has 1 rings (SSSR count). The largest absolute Gasteiger partial charge is 0.478 e. The summed E-state index contributed by atoms with van der Waals surface area (Å²) in [5, 5.41) is 0. The molecule has 1 aromatic heterocycles. The van der Waals surface area contributed by atoms with Gasteiger partial charge in [0.25, 0.3) is 0 Å². The van der Waals surface area contributed by atoms with Gasteiger partial charge in [-0.25, -0.2) is 4.98 Å². The van der Waals surface area contributed by atoms with E-state index in [0.29, 0.717) is 0 Å². The molecule has 0 saturated heterocycles. The van der Waals surface area contributed by atoms with Crippen molar-refractivity contribution in [1.29, 1.82) is 0 Å². The SMILES string of the molecule is CCCCCCCc1nc(C)cc(OCCCC)n1. The van der Waals surface area contributed by atoms with Gasteiger partial charge in [-0.1, -0.05) is 46.0 Å². The van der Waals surface area contributed by atoms with Crippen molar-refractivity contribution in [3.8, 4) is 5.88 Å². The summed E-state index contributed by atoms with van der Waals surface area (Å²) in [6.07, 6.45) is 9.59. The summed E-state index contributed by atoms with van der Waals surface area (Å²) in [6.45, 7) is 7.16. The Morgan fingerprint density at radius 1 is 0.947 bits per heavy atom. The first kappa shape index (κ1) is 15.9. The van der Waals surface area contributed by atoms with Crippen molar-refractivity contribution in [2.45, 2.75) is 72.1 Å². The first-order chi connectivity index (χ1) is 9.26. The van der Waals surface area contributed by atoms with E-state index in [1.54, 1.807) is 0 Å². The highest BCUT2D eigenvalue weighted by atomic mass is 16.5. The van der Waals surface area contributed by atoms with Gasteiger partial charge in [-0.2, -0.15) is 4.98 Å². The van der Waals surface area contributed by atoms with Crippen LogP contribution in [0.2, 0.25) is 0 Å². The number of aryl methyl sites for hydroxylation is 2. The maximum atomic E-state index is 5.66. The minimum absolute atomic E-state index is 0.740. The summed E-state index contributed by atoms with van der Waals surface area (Å²) in [4.78, 5) is 8.98. The number of aromatic nitrogens is 2. The van der Waals surface area contributed by atoms with Gasteiger partial charge >= 0.3 is 0 Å². The van der Waals surface area contributed by atoms with Gasteiger partial charge < -0.3 is 4.74 Å². The van der Waals surface area contributed by atoms with Crippen molar-refractivity contribution in [1.82, 2.24) is 9.97 Å². The Bertz CT molecular complexity index is 353. The Morgan fingerprint density at radius 3 is 2.42 bits per heavy atom. The minimum Gasteiger partial charge on any atom is -0.478 e. The van der Waals surface area contributed by atoms with Crippen LogP contribution in [0.25, 0.3) is 0 Å². The van der Waals surface area contributed by atoms with Gasteiger partial charge in [0.1, 0.15) is 5.82 Å². The Kier molecular flexibility index (Phi) is 8.19. The topological polar surface area (TPSA) is 35.0 Å². The molecule has 0 aromatic carbocycles. The van der Waals surface area contributed by atoms with E-state index in [4.69, 9.17) is 4.74 Å². The molecule has 0 amide bonds. The normalized spacial score (nSPS) is 10.7. The van der Waals surface area contributed by atoms with Gasteiger partial charge in [0.2, 0.25) is 5.88 Å². The summed E-state index contributed by atoms with van der Waals surface area (Å²) in [5.41, 5.74) is 1.00. The lowest BCUT2D eigenvalue weighted by Gasteiger charge is -2.07. The highest BCUT2D eigenvalue weighted by Gasteiger charge is 2.03. The Labute approximate surface area is 117 Å². The molecule has 0 aliphatic rings. The molecule has 0 aliphatic carbocycles. The number of unbranched alkanes of at least 4 members (excludes halogenated alkanes) is 5. The zero-order valence-corrected chi connectivity index (χ0v) is 12.7. The molecular weight excluding hydrogens is 236 g/mol. The van der Waals surface area contributed by atoms with E-state index in [0.717, 1.165) is 43.3 Å². The van der Waals surface area contributed by atoms with E-state index >= 15 is 0 Å². The van der Waals surface area contributed by atoms with Crippen LogP contribution in [-0.2, 0) is 6.42 Å². The Hall–Kier alpha value is -1.12. The zero-order chi connectivity index (χ0) is 13.9. The molecule has 3 nitrogen and oxygen atoms in total. The van der Waals surface area contributed by atoms with Crippen LogP contribution in [0.1, 0.15) is 70.3 Å². The van der Waals surface area contributed by atoms with Crippen LogP contribution >= 0.6 is 0 Å². The van der Waals surface area contributed by atoms with Gasteiger partial charge in [0.15, 0.2) is 0 Å². The number of hydrogen-bond donors (Lipinski definition) is 0. The second-order valence-electron chi connectivity index (χ2n) is 5.13. The third-order valence-corrected chi connectivity index (χ3v) is 3.13. The minimum atomic E-state index is 0.740. The zero-order valence-electron chi connectivity index (χ0n) is 12.7. The fourth-order valence-corrected chi connectivity index (χ4v) is 1.99. The Morgan fingerprint density at radius 2 is 1.68 bits per heavy atom. The lowest BCUT2D eigenvalue weighted by Crippen LogP contribution is -2.03. The predicted molar refractivity (Wildman–Crippen MR) is 79.6 cm³/mol. The molecule has 0 radical (unpaired) electrons. The van der Waals surface area contributed by atoms with Gasteiger partial charge in [-0.15, -0.1) is 0 Å². The molecule has 0 saturated carbocycles. The van der Waals surface area contributed by atoms with Crippen LogP contribution < -0.4 is 4.74 Å². The second-order valence-corrected chi connectivity index (χ2v) is 5.13. The molecule has 0 unspecified atom stereocenters. The first-order valence-corrected chi connectivity index (χ1v) is 7.73. The van der Waals surface area contributed by atoms with Crippen LogP contribution in [0.4, 0.5) is 0 Å². The molecule has 0 atom stereocenters. The van der Waals surface area contributed by atoms with Crippen LogP contribution in [0, 0.1) is 6.92 Å². The average Bonchev–Trinajstić information content (AvgIpc) is 2.38. The van der Waals surface area contributed by atoms with Crippen LogP contribution in [0.3, 0.4) is 0 Å². The monoisotopic (exact) mass is 264 g/mol. The first-order valence-electron chi connectivity index (χ1n) is 7.73. The molecule has 0 bridgehead atoms. The lowest BCUT2D eigenvalue weighted by atomic mass is 10.1. The molecule has 0 fully saturated rings. The molecule has 1 heterocycles. The molecule has 1 aromatic rings. The smallest absolute Gasteiger partial charge is 0.216 e. The van der Waals surface area contributed by atoms with E-state index in [9.17, 15) is 0 Å². The Balaban J connectivity index is 2.39. The predicted octanol–water partition coefficient (Wildman–Crippen LogP) is 4.48. The fourth-order valence-electron chi connectivity index (χ4n) is 1.99. The van der Waals surface area contributed by atoms with Crippen molar-refractivity contribution < 1.29 is 4.74 Å². The summed E-state index contributed by atoms with van der Waals surface area (Å²) >= 11 is 0. The highest BCUT2D eigenvalue weighted by molar-refractivity contribution is 5.15. The second kappa shape index (κ2) is 9.76. The maximum Gasteiger partial charge on any atom is 0.216 e. The molecule has 19 heavy (non-hydrogen) atoms. The standard InChI is InChI=1S/C16H28N2O/c1-4-6-8-9-10-11-15-17-14(3)13-16(18-15)19-12-7-5-2/h13H,4-12H2,1-3H3. The summed E-state index contributed by atoms with van der Waals surface area (Å²) < 4.78 is 5.66. The molecule has 0 aliphatic heterocycles. The number of nitrogens with zero attached hydrogens (tertiary/aromatic N) is 2. The van der Waals surface area contributed by atoms with Gasteiger partial charge in [0, 0.05) is 18.2 Å². The summed E-state index contributed by atoms with van der Waals surface area (Å²) in [5.74, 6) is 1.67. The maximum absolute atomic E-state index is 5.66. The van der Waals surface area contributed by atoms with Crippen molar-refractivity contribution in [3.05, 3.63) is 17.6 Å². The third kappa shape index (κ3) is 7.14. The van der Waals surface area contributed by atoms with Crippen molar-refractivity contribution >= 4 is 0 Å². The average molecular weight is 264 g/mol. The van der Waals surface area contributed by atoms with Gasteiger partial charge in [0.05, 0.1) is 6.61 Å². The van der Waals surface area contributed by atoms with Crippen LogP contribution in [0.15, 0.2) is 6.07 Å². The van der Waals surface area contributed by atoms with E-state index in [1.165, 1.54) is 32.1 Å². The van der Waals surface area contributed by atoms with E-state index in [2.05, 4.69) is 23.8 Å². The number of rotatable bonds is 10.